The van der Waals surface area contributed by atoms with E-state index in [9.17, 15) is 9.90 Å². The lowest BCUT2D eigenvalue weighted by Crippen LogP contribution is -2.13. The van der Waals surface area contributed by atoms with Crippen LogP contribution in [0, 0.1) is 0 Å². The van der Waals surface area contributed by atoms with E-state index in [0.29, 0.717) is 11.7 Å². The zero-order valence-electron chi connectivity index (χ0n) is 9.19. The van der Waals surface area contributed by atoms with Crippen molar-refractivity contribution in [2.45, 2.75) is 19.8 Å². The number of hydrogen-bond acceptors (Lipinski definition) is 2. The highest BCUT2D eigenvalue weighted by Gasteiger charge is 2.01. The summed E-state index contributed by atoms with van der Waals surface area (Å²) in [5.41, 5.74) is 1.02. The number of carbonyl (C=O) groups is 1. The van der Waals surface area contributed by atoms with Gasteiger partial charge in [-0.05, 0) is 17.5 Å². The largest absolute Gasteiger partial charge is 0.508 e. The van der Waals surface area contributed by atoms with Crippen LogP contribution in [0.5, 0.6) is 5.75 Å². The molecule has 0 aliphatic heterocycles. The van der Waals surface area contributed by atoms with Crippen LogP contribution in [-0.4, -0.2) is 23.4 Å². The smallest absolute Gasteiger partial charge is 0.404 e. The Labute approximate surface area is 89.6 Å². The fourth-order valence-electron chi connectivity index (χ4n) is 0.976. The van der Waals surface area contributed by atoms with E-state index in [1.807, 2.05) is 23.5 Å². The minimum absolute atomic E-state index is 0.400. The van der Waals surface area contributed by atoms with Crippen molar-refractivity contribution in [2.75, 3.05) is 7.05 Å². The molecule has 0 heterocycles. The Morgan fingerprint density at radius 2 is 1.80 bits per heavy atom. The molecule has 0 bridgehead atoms. The topological polar surface area (TPSA) is 69.6 Å². The molecule has 0 fully saturated rings. The van der Waals surface area contributed by atoms with Crippen LogP contribution in [-0.2, 0) is 0 Å². The molecule has 4 nitrogen and oxygen atoms in total. The molecule has 1 rings (SSSR count). The minimum Gasteiger partial charge on any atom is -0.508 e. The number of carboxylic acid groups (broad SMARTS) is 1. The summed E-state index contributed by atoms with van der Waals surface area (Å²) in [7, 11) is 1.35. The van der Waals surface area contributed by atoms with Crippen LogP contribution in [0.2, 0.25) is 0 Å². The van der Waals surface area contributed by atoms with Gasteiger partial charge in [-0.15, -0.1) is 0 Å². The van der Waals surface area contributed by atoms with Crippen molar-refractivity contribution in [1.29, 1.82) is 0 Å². The number of aromatic hydroxyl groups is 1. The molecule has 4 heteroatoms. The van der Waals surface area contributed by atoms with Gasteiger partial charge in [-0.3, -0.25) is 0 Å². The van der Waals surface area contributed by atoms with E-state index in [1.165, 1.54) is 7.05 Å². The maximum absolute atomic E-state index is 9.28. The third-order valence-electron chi connectivity index (χ3n) is 1.77. The summed E-state index contributed by atoms with van der Waals surface area (Å²) in [6, 6.07) is 7.44. The third-order valence-corrected chi connectivity index (χ3v) is 1.77. The molecule has 0 aliphatic rings. The standard InChI is InChI=1S/C9H12O.C2H5NO2/c1-7(2)8-5-3-4-6-9(8)10;1-3-2(4)5/h3-7,10H,1-2H3;3H,1H3,(H,4,5). The molecule has 1 amide bonds. The summed E-state index contributed by atoms with van der Waals surface area (Å²) < 4.78 is 0. The summed E-state index contributed by atoms with van der Waals surface area (Å²) in [5, 5.41) is 18.8. The molecule has 0 spiro atoms. The first-order valence-electron chi connectivity index (χ1n) is 4.67. The molecule has 0 radical (unpaired) electrons. The lowest BCUT2D eigenvalue weighted by molar-refractivity contribution is 0.197. The predicted molar refractivity (Wildman–Crippen MR) is 59.3 cm³/mol. The van der Waals surface area contributed by atoms with Gasteiger partial charge < -0.3 is 15.5 Å². The summed E-state index contributed by atoms with van der Waals surface area (Å²) in [6.07, 6.45) is -0.995. The fraction of sp³-hybridized carbons (Fsp3) is 0.364. The number of nitrogens with one attached hydrogen (secondary N) is 1. The predicted octanol–water partition coefficient (Wildman–Crippen LogP) is 2.40. The Balaban J connectivity index is 0.000000336. The van der Waals surface area contributed by atoms with Gasteiger partial charge >= 0.3 is 6.09 Å². The molecule has 0 unspecified atom stereocenters. The fourth-order valence-corrected chi connectivity index (χ4v) is 0.976. The van der Waals surface area contributed by atoms with Crippen LogP contribution < -0.4 is 5.32 Å². The molecular weight excluding hydrogens is 194 g/mol. The molecule has 0 atom stereocenters. The second-order valence-corrected chi connectivity index (χ2v) is 3.27. The molecule has 15 heavy (non-hydrogen) atoms. The lowest BCUT2D eigenvalue weighted by atomic mass is 10.0. The summed E-state index contributed by atoms with van der Waals surface area (Å²) in [5.74, 6) is 0.804. The molecule has 1 aromatic carbocycles. The first kappa shape index (κ1) is 13.3. The highest BCUT2D eigenvalue weighted by molar-refractivity contribution is 5.63. The quantitative estimate of drug-likeness (QED) is 0.668. The van der Waals surface area contributed by atoms with E-state index in [1.54, 1.807) is 6.07 Å². The van der Waals surface area contributed by atoms with Gasteiger partial charge in [0.1, 0.15) is 5.75 Å². The van der Waals surface area contributed by atoms with E-state index in [2.05, 4.69) is 13.8 Å². The van der Waals surface area contributed by atoms with Gasteiger partial charge in [0.2, 0.25) is 0 Å². The molecule has 84 valence electrons. The average molecular weight is 211 g/mol. The monoisotopic (exact) mass is 211 g/mol. The molecule has 0 aromatic heterocycles. The first-order valence-corrected chi connectivity index (χ1v) is 4.67. The number of rotatable bonds is 1. The second-order valence-electron chi connectivity index (χ2n) is 3.27. The van der Waals surface area contributed by atoms with Crippen LogP contribution in [0.1, 0.15) is 25.3 Å². The van der Waals surface area contributed by atoms with Crippen molar-refractivity contribution < 1.29 is 15.0 Å². The van der Waals surface area contributed by atoms with E-state index in [-0.39, 0.29) is 0 Å². The van der Waals surface area contributed by atoms with Crippen LogP contribution in [0.25, 0.3) is 0 Å². The van der Waals surface area contributed by atoms with Crippen LogP contribution >= 0.6 is 0 Å². The number of benzene rings is 1. The number of hydrogen-bond donors (Lipinski definition) is 3. The van der Waals surface area contributed by atoms with Gasteiger partial charge in [0, 0.05) is 7.05 Å². The van der Waals surface area contributed by atoms with Gasteiger partial charge in [-0.25, -0.2) is 4.79 Å². The molecular formula is C11H17NO3. The van der Waals surface area contributed by atoms with Crippen molar-refractivity contribution >= 4 is 6.09 Å². The molecule has 0 aliphatic carbocycles. The van der Waals surface area contributed by atoms with Crippen LogP contribution in [0.15, 0.2) is 24.3 Å². The Hall–Kier alpha value is -1.71. The minimum atomic E-state index is -0.995. The molecule has 0 saturated heterocycles. The Bertz CT molecular complexity index is 310. The first-order chi connectivity index (χ1) is 6.99. The summed E-state index contributed by atoms with van der Waals surface area (Å²) >= 11 is 0. The number of phenols is 1. The number of para-hydroxylation sites is 1. The molecule has 1 aromatic rings. The number of phenolic OH excluding ortho intramolecular Hbond substituents is 1. The highest BCUT2D eigenvalue weighted by Crippen LogP contribution is 2.23. The van der Waals surface area contributed by atoms with Gasteiger partial charge in [0.05, 0.1) is 0 Å². The number of amides is 1. The maximum atomic E-state index is 9.28. The van der Waals surface area contributed by atoms with Crippen LogP contribution in [0.3, 0.4) is 0 Å². The zero-order chi connectivity index (χ0) is 11.8. The normalized spacial score (nSPS) is 9.07. The second kappa shape index (κ2) is 6.70. The van der Waals surface area contributed by atoms with E-state index < -0.39 is 6.09 Å². The van der Waals surface area contributed by atoms with Crippen molar-refractivity contribution in [3.8, 4) is 5.75 Å². The van der Waals surface area contributed by atoms with Crippen molar-refractivity contribution in [3.05, 3.63) is 29.8 Å². The van der Waals surface area contributed by atoms with Gasteiger partial charge in [0.15, 0.2) is 0 Å². The Morgan fingerprint density at radius 1 is 1.33 bits per heavy atom. The Kier molecular flexibility index (Phi) is 5.94. The molecule has 3 N–H and O–H groups in total. The van der Waals surface area contributed by atoms with Crippen molar-refractivity contribution in [1.82, 2.24) is 5.32 Å². The zero-order valence-corrected chi connectivity index (χ0v) is 9.19. The third kappa shape index (κ3) is 5.57. The van der Waals surface area contributed by atoms with Gasteiger partial charge in [0.25, 0.3) is 0 Å². The Morgan fingerprint density at radius 3 is 2.07 bits per heavy atom. The van der Waals surface area contributed by atoms with Crippen molar-refractivity contribution in [2.24, 2.45) is 0 Å². The van der Waals surface area contributed by atoms with E-state index in [0.717, 1.165) is 5.56 Å². The van der Waals surface area contributed by atoms with Crippen molar-refractivity contribution in [3.63, 3.8) is 0 Å². The summed E-state index contributed by atoms with van der Waals surface area (Å²) in [6.45, 7) is 4.13. The van der Waals surface area contributed by atoms with Gasteiger partial charge in [-0.2, -0.15) is 0 Å². The average Bonchev–Trinajstić information content (AvgIpc) is 2.19. The van der Waals surface area contributed by atoms with E-state index in [4.69, 9.17) is 5.11 Å². The van der Waals surface area contributed by atoms with Gasteiger partial charge in [-0.1, -0.05) is 32.0 Å². The van der Waals surface area contributed by atoms with E-state index >= 15 is 0 Å². The highest BCUT2D eigenvalue weighted by atomic mass is 16.4. The summed E-state index contributed by atoms with van der Waals surface area (Å²) in [4.78, 5) is 9.26. The van der Waals surface area contributed by atoms with Crippen LogP contribution in [0.4, 0.5) is 4.79 Å². The molecule has 0 saturated carbocycles. The lowest BCUT2D eigenvalue weighted by Gasteiger charge is -2.05. The SMILES string of the molecule is CC(C)c1ccccc1O.CNC(=O)O. The maximum Gasteiger partial charge on any atom is 0.404 e.